The van der Waals surface area contributed by atoms with Crippen molar-refractivity contribution >= 4 is 33.4 Å². The number of halogens is 1. The Balaban J connectivity index is 2.20. The van der Waals surface area contributed by atoms with Crippen LogP contribution >= 0.6 is 15.9 Å². The SMILES string of the molecule is COc1ccc(C(C)=O)cc1COC(=O)c1ccc(Br)c([N+](=O)[O-])c1. The summed E-state index contributed by atoms with van der Waals surface area (Å²) in [5, 5.41) is 10.9. The van der Waals surface area contributed by atoms with E-state index in [0.717, 1.165) is 6.07 Å². The molecular weight excluding hydrogens is 394 g/mol. The molecule has 7 nitrogen and oxygen atoms in total. The van der Waals surface area contributed by atoms with Crippen LogP contribution in [-0.4, -0.2) is 23.8 Å². The van der Waals surface area contributed by atoms with Crippen LogP contribution in [0.4, 0.5) is 5.69 Å². The molecule has 2 aromatic rings. The summed E-state index contributed by atoms with van der Waals surface area (Å²) < 4.78 is 10.7. The highest BCUT2D eigenvalue weighted by Gasteiger charge is 2.17. The molecule has 0 aliphatic carbocycles. The van der Waals surface area contributed by atoms with Crippen LogP contribution in [-0.2, 0) is 11.3 Å². The quantitative estimate of drug-likeness (QED) is 0.311. The fraction of sp³-hybridized carbons (Fsp3) is 0.176. The molecule has 0 unspecified atom stereocenters. The van der Waals surface area contributed by atoms with Crippen molar-refractivity contribution in [1.82, 2.24) is 0 Å². The van der Waals surface area contributed by atoms with Crippen LogP contribution in [0.15, 0.2) is 40.9 Å². The maximum atomic E-state index is 12.2. The summed E-state index contributed by atoms with van der Waals surface area (Å²) in [5.41, 5.74) is 0.809. The zero-order valence-electron chi connectivity index (χ0n) is 13.4. The number of nitrogens with zero attached hydrogens (tertiary/aromatic N) is 1. The van der Waals surface area contributed by atoms with Gasteiger partial charge in [0.1, 0.15) is 12.4 Å². The third kappa shape index (κ3) is 4.42. The lowest BCUT2D eigenvalue weighted by Crippen LogP contribution is -2.07. The molecule has 0 amide bonds. The number of carbonyl (C=O) groups is 2. The number of rotatable bonds is 6. The first-order valence-corrected chi connectivity index (χ1v) is 7.91. The van der Waals surface area contributed by atoms with Crippen LogP contribution in [0.2, 0.25) is 0 Å². The van der Waals surface area contributed by atoms with E-state index < -0.39 is 10.9 Å². The monoisotopic (exact) mass is 407 g/mol. The van der Waals surface area contributed by atoms with Gasteiger partial charge in [0.05, 0.1) is 22.1 Å². The number of nitro groups is 1. The van der Waals surface area contributed by atoms with Crippen LogP contribution in [0.1, 0.15) is 33.2 Å². The first kappa shape index (κ1) is 18.6. The van der Waals surface area contributed by atoms with Gasteiger partial charge in [-0.2, -0.15) is 0 Å². The fourth-order valence-corrected chi connectivity index (χ4v) is 2.51. The largest absolute Gasteiger partial charge is 0.496 e. The van der Waals surface area contributed by atoms with Crippen molar-refractivity contribution in [3.63, 3.8) is 0 Å². The number of carbonyl (C=O) groups excluding carboxylic acids is 2. The van der Waals surface area contributed by atoms with Crippen LogP contribution in [0.5, 0.6) is 5.75 Å². The average molecular weight is 408 g/mol. The van der Waals surface area contributed by atoms with Gasteiger partial charge in [-0.05, 0) is 53.2 Å². The van der Waals surface area contributed by atoms with Gasteiger partial charge in [-0.1, -0.05) is 0 Å². The molecule has 0 spiro atoms. The van der Waals surface area contributed by atoms with Crippen molar-refractivity contribution < 1.29 is 24.0 Å². The Bertz CT molecular complexity index is 849. The van der Waals surface area contributed by atoms with Crippen molar-refractivity contribution in [2.24, 2.45) is 0 Å². The highest BCUT2D eigenvalue weighted by molar-refractivity contribution is 9.10. The number of nitro benzene ring substituents is 1. The predicted octanol–water partition coefficient (Wildman–Crippen LogP) is 3.93. The smallest absolute Gasteiger partial charge is 0.338 e. The van der Waals surface area contributed by atoms with E-state index >= 15 is 0 Å². The van der Waals surface area contributed by atoms with E-state index in [1.54, 1.807) is 18.2 Å². The highest BCUT2D eigenvalue weighted by atomic mass is 79.9. The van der Waals surface area contributed by atoms with E-state index in [0.29, 0.717) is 16.9 Å². The number of hydrogen-bond acceptors (Lipinski definition) is 6. The number of benzene rings is 2. The number of methoxy groups -OCH3 is 1. The van der Waals surface area contributed by atoms with Gasteiger partial charge in [0.2, 0.25) is 0 Å². The lowest BCUT2D eigenvalue weighted by molar-refractivity contribution is -0.385. The second-order valence-electron chi connectivity index (χ2n) is 5.08. The summed E-state index contributed by atoms with van der Waals surface area (Å²) >= 11 is 3.05. The minimum Gasteiger partial charge on any atom is -0.496 e. The molecule has 2 aromatic carbocycles. The van der Waals surface area contributed by atoms with Gasteiger partial charge < -0.3 is 9.47 Å². The second kappa shape index (κ2) is 7.89. The third-order valence-electron chi connectivity index (χ3n) is 3.42. The summed E-state index contributed by atoms with van der Waals surface area (Å²) in [7, 11) is 1.46. The molecular formula is C17H14BrNO6. The molecule has 0 heterocycles. The summed E-state index contributed by atoms with van der Waals surface area (Å²) in [5.74, 6) is -0.371. The van der Waals surface area contributed by atoms with Crippen molar-refractivity contribution in [1.29, 1.82) is 0 Å². The second-order valence-corrected chi connectivity index (χ2v) is 5.94. The number of hydrogen-bond donors (Lipinski definition) is 0. The van der Waals surface area contributed by atoms with Gasteiger partial charge in [-0.3, -0.25) is 14.9 Å². The van der Waals surface area contributed by atoms with Gasteiger partial charge in [0.25, 0.3) is 5.69 Å². The minimum atomic E-state index is -0.717. The molecule has 0 radical (unpaired) electrons. The van der Waals surface area contributed by atoms with Gasteiger partial charge >= 0.3 is 5.97 Å². The Labute approximate surface area is 151 Å². The summed E-state index contributed by atoms with van der Waals surface area (Å²) in [4.78, 5) is 34.0. The van der Waals surface area contributed by atoms with E-state index in [9.17, 15) is 19.7 Å². The molecule has 0 aliphatic heterocycles. The van der Waals surface area contributed by atoms with Gasteiger partial charge in [0, 0.05) is 17.2 Å². The molecule has 0 fully saturated rings. The Kier molecular flexibility index (Phi) is 5.87. The normalized spacial score (nSPS) is 10.2. The number of ether oxygens (including phenoxy) is 2. The number of Topliss-reactive ketones (excluding diaryl/α,β-unsaturated/α-hetero) is 1. The Morgan fingerprint density at radius 3 is 2.44 bits per heavy atom. The first-order valence-electron chi connectivity index (χ1n) is 7.12. The Morgan fingerprint density at radius 1 is 1.16 bits per heavy atom. The highest BCUT2D eigenvalue weighted by Crippen LogP contribution is 2.26. The summed E-state index contributed by atoms with van der Waals surface area (Å²) in [6.07, 6.45) is 0. The molecule has 0 saturated heterocycles. The van der Waals surface area contributed by atoms with Crippen LogP contribution in [0, 0.1) is 10.1 Å². The van der Waals surface area contributed by atoms with E-state index in [1.807, 2.05) is 0 Å². The predicted molar refractivity (Wildman–Crippen MR) is 92.9 cm³/mol. The fourth-order valence-electron chi connectivity index (χ4n) is 2.12. The van der Waals surface area contributed by atoms with Crippen LogP contribution in [0.25, 0.3) is 0 Å². The lowest BCUT2D eigenvalue weighted by Gasteiger charge is -2.11. The molecule has 0 atom stereocenters. The van der Waals surface area contributed by atoms with E-state index in [-0.39, 0.29) is 28.1 Å². The van der Waals surface area contributed by atoms with Gasteiger partial charge in [0.15, 0.2) is 5.78 Å². The molecule has 0 aliphatic rings. The molecule has 0 N–H and O–H groups in total. The van der Waals surface area contributed by atoms with Crippen LogP contribution < -0.4 is 4.74 Å². The van der Waals surface area contributed by atoms with Gasteiger partial charge in [-0.15, -0.1) is 0 Å². The van der Waals surface area contributed by atoms with Crippen molar-refractivity contribution in [3.8, 4) is 5.75 Å². The Morgan fingerprint density at radius 2 is 1.84 bits per heavy atom. The standard InChI is InChI=1S/C17H14BrNO6/c1-10(20)11-4-6-16(24-2)13(7-11)9-25-17(21)12-3-5-14(18)15(8-12)19(22)23/h3-8H,9H2,1-2H3. The maximum absolute atomic E-state index is 12.2. The number of ketones is 1. The number of esters is 1. The van der Waals surface area contributed by atoms with E-state index in [2.05, 4.69) is 15.9 Å². The zero-order valence-corrected chi connectivity index (χ0v) is 15.0. The zero-order chi connectivity index (χ0) is 18.6. The van der Waals surface area contributed by atoms with Crippen molar-refractivity contribution in [2.75, 3.05) is 7.11 Å². The third-order valence-corrected chi connectivity index (χ3v) is 4.09. The van der Waals surface area contributed by atoms with E-state index in [1.165, 1.54) is 26.2 Å². The molecule has 0 aromatic heterocycles. The van der Waals surface area contributed by atoms with Crippen molar-refractivity contribution in [3.05, 3.63) is 67.7 Å². The van der Waals surface area contributed by atoms with E-state index in [4.69, 9.17) is 9.47 Å². The topological polar surface area (TPSA) is 95.7 Å². The summed E-state index contributed by atoms with van der Waals surface area (Å²) in [6.45, 7) is 1.30. The molecule has 25 heavy (non-hydrogen) atoms. The minimum absolute atomic E-state index is 0.0524. The lowest BCUT2D eigenvalue weighted by atomic mass is 10.1. The van der Waals surface area contributed by atoms with Crippen LogP contribution in [0.3, 0.4) is 0 Å². The van der Waals surface area contributed by atoms with Crippen molar-refractivity contribution in [2.45, 2.75) is 13.5 Å². The maximum Gasteiger partial charge on any atom is 0.338 e. The summed E-state index contributed by atoms with van der Waals surface area (Å²) in [6, 6.07) is 8.78. The molecule has 0 saturated carbocycles. The molecule has 8 heteroatoms. The average Bonchev–Trinajstić information content (AvgIpc) is 2.59. The molecule has 0 bridgehead atoms. The molecule has 130 valence electrons. The first-order chi connectivity index (χ1) is 11.8. The van der Waals surface area contributed by atoms with Gasteiger partial charge in [-0.25, -0.2) is 4.79 Å². The Hall–Kier alpha value is -2.74. The molecule has 2 rings (SSSR count).